The van der Waals surface area contributed by atoms with Gasteiger partial charge in [-0.2, -0.15) is 15.0 Å². The van der Waals surface area contributed by atoms with Crippen molar-refractivity contribution < 1.29 is 4.74 Å². The number of rotatable bonds is 5. The Bertz CT molecular complexity index is 380. The van der Waals surface area contributed by atoms with E-state index < -0.39 is 0 Å². The molecule has 1 saturated carbocycles. The number of hydrogen-bond donors (Lipinski definition) is 0. The first-order valence-electron chi connectivity index (χ1n) is 6.06. The van der Waals surface area contributed by atoms with Crippen molar-refractivity contribution in [3.63, 3.8) is 0 Å². The van der Waals surface area contributed by atoms with Crippen LogP contribution in [-0.2, 0) is 0 Å². The van der Waals surface area contributed by atoms with Gasteiger partial charge in [0.1, 0.15) is 6.10 Å². The van der Waals surface area contributed by atoms with Gasteiger partial charge < -0.3 is 9.64 Å². The lowest BCUT2D eigenvalue weighted by Crippen LogP contribution is -2.27. The fourth-order valence-electron chi connectivity index (χ4n) is 1.66. The minimum Gasteiger partial charge on any atom is -0.460 e. The molecule has 1 fully saturated rings. The second-order valence-electron chi connectivity index (χ2n) is 4.03. The molecule has 0 spiro atoms. The standard InChI is InChI=1S/C11H17ClN4O/c1-3-16(4-2)10-13-9(12)14-11(15-10)17-8-6-5-7-8/h8H,3-7H2,1-2H3. The van der Waals surface area contributed by atoms with E-state index in [-0.39, 0.29) is 11.4 Å². The van der Waals surface area contributed by atoms with Crippen LogP contribution in [0.25, 0.3) is 0 Å². The van der Waals surface area contributed by atoms with Gasteiger partial charge in [0.15, 0.2) is 0 Å². The van der Waals surface area contributed by atoms with Crippen LogP contribution in [0.1, 0.15) is 33.1 Å². The van der Waals surface area contributed by atoms with Crippen molar-refractivity contribution in [3.05, 3.63) is 5.28 Å². The summed E-state index contributed by atoms with van der Waals surface area (Å²) < 4.78 is 5.64. The third-order valence-electron chi connectivity index (χ3n) is 2.95. The van der Waals surface area contributed by atoms with E-state index in [1.807, 2.05) is 18.7 Å². The van der Waals surface area contributed by atoms with E-state index in [4.69, 9.17) is 16.3 Å². The Balaban J connectivity index is 2.15. The highest BCUT2D eigenvalue weighted by Crippen LogP contribution is 2.24. The molecule has 0 aromatic carbocycles. The van der Waals surface area contributed by atoms with E-state index in [1.165, 1.54) is 6.42 Å². The summed E-state index contributed by atoms with van der Waals surface area (Å²) in [5.41, 5.74) is 0. The minimum absolute atomic E-state index is 0.191. The lowest BCUT2D eigenvalue weighted by molar-refractivity contribution is 0.108. The number of ether oxygens (including phenoxy) is 1. The molecule has 0 bridgehead atoms. The summed E-state index contributed by atoms with van der Waals surface area (Å²) in [7, 11) is 0. The van der Waals surface area contributed by atoms with Gasteiger partial charge in [-0.05, 0) is 44.7 Å². The molecule has 5 nitrogen and oxygen atoms in total. The van der Waals surface area contributed by atoms with Gasteiger partial charge in [-0.15, -0.1) is 0 Å². The molecule has 1 aliphatic carbocycles. The van der Waals surface area contributed by atoms with Crippen molar-refractivity contribution in [1.29, 1.82) is 0 Å². The van der Waals surface area contributed by atoms with Gasteiger partial charge in [0, 0.05) is 13.1 Å². The van der Waals surface area contributed by atoms with Crippen LogP contribution in [0.15, 0.2) is 0 Å². The molecule has 6 heteroatoms. The number of halogens is 1. The lowest BCUT2D eigenvalue weighted by atomic mass is 9.96. The summed E-state index contributed by atoms with van der Waals surface area (Å²) in [5.74, 6) is 0.587. The quantitative estimate of drug-likeness (QED) is 0.809. The van der Waals surface area contributed by atoms with Gasteiger partial charge in [0.05, 0.1) is 0 Å². The summed E-state index contributed by atoms with van der Waals surface area (Å²) in [6.45, 7) is 5.76. The Morgan fingerprint density at radius 2 is 1.94 bits per heavy atom. The molecule has 1 aromatic heterocycles. The summed E-state index contributed by atoms with van der Waals surface area (Å²) in [4.78, 5) is 14.4. The van der Waals surface area contributed by atoms with Gasteiger partial charge in [-0.3, -0.25) is 0 Å². The van der Waals surface area contributed by atoms with Crippen molar-refractivity contribution in [2.75, 3.05) is 18.0 Å². The van der Waals surface area contributed by atoms with Crippen molar-refractivity contribution in [3.8, 4) is 6.01 Å². The predicted molar refractivity (Wildman–Crippen MR) is 66.7 cm³/mol. The molecule has 0 atom stereocenters. The number of nitrogens with zero attached hydrogens (tertiary/aromatic N) is 4. The maximum absolute atomic E-state index is 5.88. The van der Waals surface area contributed by atoms with Gasteiger partial charge in [-0.25, -0.2) is 0 Å². The zero-order valence-electron chi connectivity index (χ0n) is 10.2. The fraction of sp³-hybridized carbons (Fsp3) is 0.727. The molecule has 0 radical (unpaired) electrons. The first-order valence-corrected chi connectivity index (χ1v) is 6.44. The third-order valence-corrected chi connectivity index (χ3v) is 3.12. The van der Waals surface area contributed by atoms with Crippen molar-refractivity contribution in [1.82, 2.24) is 15.0 Å². The summed E-state index contributed by atoms with van der Waals surface area (Å²) in [6.07, 6.45) is 3.61. The third kappa shape index (κ3) is 2.97. The van der Waals surface area contributed by atoms with E-state index in [0.29, 0.717) is 12.0 Å². The maximum Gasteiger partial charge on any atom is 0.322 e. The average molecular weight is 257 g/mol. The molecule has 1 aliphatic rings. The zero-order chi connectivity index (χ0) is 12.3. The SMILES string of the molecule is CCN(CC)c1nc(Cl)nc(OC2CCC2)n1. The number of aromatic nitrogens is 3. The smallest absolute Gasteiger partial charge is 0.322 e. The lowest BCUT2D eigenvalue weighted by Gasteiger charge is -2.25. The minimum atomic E-state index is 0.191. The van der Waals surface area contributed by atoms with Crippen LogP contribution in [0.5, 0.6) is 6.01 Å². The van der Waals surface area contributed by atoms with Crippen LogP contribution in [0.3, 0.4) is 0 Å². The van der Waals surface area contributed by atoms with Gasteiger partial charge >= 0.3 is 6.01 Å². The molecular formula is C11H17ClN4O. The average Bonchev–Trinajstić information content (AvgIpc) is 2.25. The molecule has 0 N–H and O–H groups in total. The van der Waals surface area contributed by atoms with Crippen LogP contribution in [-0.4, -0.2) is 34.1 Å². The van der Waals surface area contributed by atoms with Crippen molar-refractivity contribution >= 4 is 17.5 Å². The fourth-order valence-corrected chi connectivity index (χ4v) is 1.81. The summed E-state index contributed by atoms with van der Waals surface area (Å²) >= 11 is 5.88. The molecular weight excluding hydrogens is 240 g/mol. The Labute approximate surface area is 106 Å². The molecule has 17 heavy (non-hydrogen) atoms. The molecule has 1 aromatic rings. The number of hydrogen-bond acceptors (Lipinski definition) is 5. The van der Waals surface area contributed by atoms with E-state index >= 15 is 0 Å². The van der Waals surface area contributed by atoms with Crippen molar-refractivity contribution in [2.24, 2.45) is 0 Å². The molecule has 0 amide bonds. The normalized spacial score (nSPS) is 15.5. The first kappa shape index (κ1) is 12.4. The monoisotopic (exact) mass is 256 g/mol. The molecule has 0 saturated heterocycles. The van der Waals surface area contributed by atoms with E-state index in [2.05, 4.69) is 15.0 Å². The van der Waals surface area contributed by atoms with Gasteiger partial charge in [0.2, 0.25) is 11.2 Å². The van der Waals surface area contributed by atoms with E-state index in [0.717, 1.165) is 25.9 Å². The van der Waals surface area contributed by atoms with Crippen LogP contribution < -0.4 is 9.64 Å². The second kappa shape index (κ2) is 5.49. The molecule has 94 valence electrons. The van der Waals surface area contributed by atoms with Crippen LogP contribution in [0, 0.1) is 0 Å². The largest absolute Gasteiger partial charge is 0.460 e. The topological polar surface area (TPSA) is 51.1 Å². The highest BCUT2D eigenvalue weighted by Gasteiger charge is 2.21. The first-order chi connectivity index (χ1) is 8.22. The van der Waals surface area contributed by atoms with Crippen molar-refractivity contribution in [2.45, 2.75) is 39.2 Å². The van der Waals surface area contributed by atoms with Gasteiger partial charge in [0.25, 0.3) is 0 Å². The highest BCUT2D eigenvalue weighted by molar-refractivity contribution is 6.28. The van der Waals surface area contributed by atoms with E-state index in [1.54, 1.807) is 0 Å². The van der Waals surface area contributed by atoms with E-state index in [9.17, 15) is 0 Å². The van der Waals surface area contributed by atoms with Gasteiger partial charge in [-0.1, -0.05) is 0 Å². The summed E-state index contributed by atoms with van der Waals surface area (Å²) in [6, 6.07) is 0.344. The molecule has 2 rings (SSSR count). The van der Waals surface area contributed by atoms with Crippen LogP contribution in [0.2, 0.25) is 5.28 Å². The van der Waals surface area contributed by atoms with Crippen LogP contribution >= 0.6 is 11.6 Å². The molecule has 1 heterocycles. The maximum atomic E-state index is 5.88. The Kier molecular flexibility index (Phi) is 3.99. The van der Waals surface area contributed by atoms with Crippen LogP contribution in [0.4, 0.5) is 5.95 Å². The molecule has 0 unspecified atom stereocenters. The zero-order valence-corrected chi connectivity index (χ0v) is 10.9. The Hall–Kier alpha value is -1.10. The Morgan fingerprint density at radius 1 is 1.24 bits per heavy atom. The highest BCUT2D eigenvalue weighted by atomic mass is 35.5. The Morgan fingerprint density at radius 3 is 2.47 bits per heavy atom. The predicted octanol–water partition coefficient (Wildman–Crippen LogP) is 2.30. The number of anilines is 1. The second-order valence-corrected chi connectivity index (χ2v) is 4.37. The summed E-state index contributed by atoms with van der Waals surface area (Å²) in [5, 5.41) is 0.191. The molecule has 0 aliphatic heterocycles.